The molecule has 4 rings (SSSR count). The van der Waals surface area contributed by atoms with E-state index in [1.807, 2.05) is 4.90 Å². The molecule has 1 aromatic heterocycles. The monoisotopic (exact) mass is 555 g/mol. The number of ether oxygens (including phenoxy) is 2. The Morgan fingerprint density at radius 2 is 2.03 bits per heavy atom. The molecule has 8 nitrogen and oxygen atoms in total. The number of hydrogen-bond donors (Lipinski definition) is 1. The highest BCUT2D eigenvalue weighted by Crippen LogP contribution is 2.37. The average molecular weight is 556 g/mol. The molecule has 1 saturated heterocycles. The molecule has 3 aromatic rings. The van der Waals surface area contributed by atoms with Gasteiger partial charge in [-0.25, -0.2) is 14.4 Å². The van der Waals surface area contributed by atoms with Crippen LogP contribution in [0, 0.1) is 12.7 Å². The van der Waals surface area contributed by atoms with Gasteiger partial charge in [-0.15, -0.1) is 0 Å². The highest BCUT2D eigenvalue weighted by molar-refractivity contribution is 7.79. The van der Waals surface area contributed by atoms with E-state index >= 15 is 0 Å². The lowest BCUT2D eigenvalue weighted by molar-refractivity contribution is -0.140. The number of aromatic nitrogens is 2. The maximum Gasteiger partial charge on any atom is 0.419 e. The standard InChI is InChI=1S/C25H28F4N4O4S/c1-14(17-7-4-8-19(23(17)26)25(27,28)29)30-24-18-10-22(21(36-3)11-20(18)31-15(2)32-24)37-12-16-6-5-9-33(16)13-38(34)35/h4,7-8,10-11,14,16H,5-6,9,12-13H2,1-3H3,(H,34,35)(H,30,31,32)/p-1/t14-,16+/m1/s1. The second-order valence-corrected chi connectivity index (χ2v) is 9.93. The smallest absolute Gasteiger partial charge is 0.419 e. The van der Waals surface area contributed by atoms with Crippen LogP contribution in [0.25, 0.3) is 10.9 Å². The summed E-state index contributed by atoms with van der Waals surface area (Å²) in [5, 5.41) is 3.52. The van der Waals surface area contributed by atoms with Crippen molar-refractivity contribution < 1.29 is 35.8 Å². The van der Waals surface area contributed by atoms with Gasteiger partial charge in [0.2, 0.25) is 0 Å². The van der Waals surface area contributed by atoms with Gasteiger partial charge >= 0.3 is 6.18 Å². The van der Waals surface area contributed by atoms with Crippen molar-refractivity contribution in [3.63, 3.8) is 0 Å². The highest BCUT2D eigenvalue weighted by atomic mass is 32.2. The van der Waals surface area contributed by atoms with Crippen LogP contribution in [0.1, 0.15) is 42.8 Å². The number of anilines is 1. The Labute approximate surface area is 219 Å². The van der Waals surface area contributed by atoms with Crippen molar-refractivity contribution in [1.82, 2.24) is 14.9 Å². The molecule has 0 bridgehead atoms. The summed E-state index contributed by atoms with van der Waals surface area (Å²) >= 11 is -2.20. The third-order valence-corrected chi connectivity index (χ3v) is 6.99. The van der Waals surface area contributed by atoms with Crippen LogP contribution in [0.4, 0.5) is 23.4 Å². The van der Waals surface area contributed by atoms with Crippen molar-refractivity contribution in [3.05, 3.63) is 53.1 Å². The number of benzene rings is 2. The van der Waals surface area contributed by atoms with E-state index < -0.39 is 34.7 Å². The van der Waals surface area contributed by atoms with Gasteiger partial charge in [0.25, 0.3) is 0 Å². The Morgan fingerprint density at radius 1 is 1.26 bits per heavy atom. The van der Waals surface area contributed by atoms with E-state index in [4.69, 9.17) is 9.47 Å². The number of rotatable bonds is 9. The van der Waals surface area contributed by atoms with Gasteiger partial charge in [0.1, 0.15) is 24.1 Å². The second-order valence-electron chi connectivity index (χ2n) is 9.06. The van der Waals surface area contributed by atoms with E-state index in [0.29, 0.717) is 40.8 Å². The predicted molar refractivity (Wildman–Crippen MR) is 133 cm³/mol. The number of alkyl halides is 3. The molecule has 0 saturated carbocycles. The number of halogens is 4. The van der Waals surface area contributed by atoms with Gasteiger partial charge < -0.3 is 19.3 Å². The Kier molecular flexibility index (Phi) is 8.38. The van der Waals surface area contributed by atoms with Gasteiger partial charge in [0.05, 0.1) is 30.1 Å². The maximum absolute atomic E-state index is 14.8. The first-order valence-corrected chi connectivity index (χ1v) is 13.1. The molecule has 1 N–H and O–H groups in total. The minimum atomic E-state index is -4.82. The minimum absolute atomic E-state index is 0.0753. The van der Waals surface area contributed by atoms with Crippen LogP contribution in [0.2, 0.25) is 0 Å². The highest BCUT2D eigenvalue weighted by Gasteiger charge is 2.35. The molecule has 38 heavy (non-hydrogen) atoms. The Bertz CT molecular complexity index is 1340. The molecule has 2 heterocycles. The lowest BCUT2D eigenvalue weighted by atomic mass is 10.0. The second kappa shape index (κ2) is 11.4. The summed E-state index contributed by atoms with van der Waals surface area (Å²) in [6.07, 6.45) is -3.19. The molecule has 206 valence electrons. The van der Waals surface area contributed by atoms with Crippen molar-refractivity contribution >= 4 is 27.8 Å². The molecule has 1 unspecified atom stereocenters. The number of aryl methyl sites for hydroxylation is 1. The topological polar surface area (TPSA) is 99.6 Å². The predicted octanol–water partition coefficient (Wildman–Crippen LogP) is 4.96. The number of fused-ring (bicyclic) bond motifs is 1. The summed E-state index contributed by atoms with van der Waals surface area (Å²) in [4.78, 5) is 10.7. The van der Waals surface area contributed by atoms with Crippen LogP contribution in [0.5, 0.6) is 11.5 Å². The molecule has 1 aliphatic heterocycles. The van der Waals surface area contributed by atoms with Crippen molar-refractivity contribution in [2.75, 3.05) is 31.5 Å². The van der Waals surface area contributed by atoms with Gasteiger partial charge in [-0.05, 0) is 56.4 Å². The fourth-order valence-electron chi connectivity index (χ4n) is 4.60. The van der Waals surface area contributed by atoms with Crippen molar-refractivity contribution in [2.24, 2.45) is 0 Å². The average Bonchev–Trinajstić information content (AvgIpc) is 3.27. The molecule has 3 atom stereocenters. The van der Waals surface area contributed by atoms with Crippen LogP contribution in [0.3, 0.4) is 0 Å². The van der Waals surface area contributed by atoms with Gasteiger partial charge in [0.15, 0.2) is 11.5 Å². The molecular weight excluding hydrogens is 528 g/mol. The van der Waals surface area contributed by atoms with Gasteiger partial charge in [-0.1, -0.05) is 12.1 Å². The van der Waals surface area contributed by atoms with Crippen molar-refractivity contribution in [2.45, 2.75) is 44.9 Å². The molecule has 2 aromatic carbocycles. The van der Waals surface area contributed by atoms with E-state index in [2.05, 4.69) is 15.3 Å². The Morgan fingerprint density at radius 3 is 2.71 bits per heavy atom. The first kappa shape index (κ1) is 28.0. The molecular formula is C25H27F4N4O4S-. The third-order valence-electron chi connectivity index (χ3n) is 6.45. The summed E-state index contributed by atoms with van der Waals surface area (Å²) in [7, 11) is 1.47. The summed E-state index contributed by atoms with van der Waals surface area (Å²) in [5.41, 5.74) is -1.01. The van der Waals surface area contributed by atoms with Crippen LogP contribution in [-0.4, -0.2) is 55.8 Å². The quantitative estimate of drug-likeness (QED) is 0.292. The van der Waals surface area contributed by atoms with Crippen LogP contribution < -0.4 is 14.8 Å². The molecule has 13 heteroatoms. The zero-order chi connectivity index (χ0) is 27.6. The summed E-state index contributed by atoms with van der Waals surface area (Å²) < 4.78 is 88.3. The van der Waals surface area contributed by atoms with Crippen LogP contribution in [-0.2, 0) is 17.3 Å². The van der Waals surface area contributed by atoms with E-state index in [1.165, 1.54) is 20.1 Å². The lowest BCUT2D eigenvalue weighted by Gasteiger charge is -2.25. The van der Waals surface area contributed by atoms with Crippen molar-refractivity contribution in [1.29, 1.82) is 0 Å². The zero-order valence-electron chi connectivity index (χ0n) is 21.0. The van der Waals surface area contributed by atoms with E-state index in [-0.39, 0.29) is 29.9 Å². The molecule has 0 amide bonds. The van der Waals surface area contributed by atoms with Gasteiger partial charge in [0, 0.05) is 23.1 Å². The third kappa shape index (κ3) is 6.16. The number of nitrogens with zero attached hydrogens (tertiary/aromatic N) is 3. The Hall–Kier alpha value is -3.03. The Balaban J connectivity index is 1.64. The van der Waals surface area contributed by atoms with Crippen LogP contribution >= 0.6 is 0 Å². The molecule has 0 radical (unpaired) electrons. The summed E-state index contributed by atoms with van der Waals surface area (Å²) in [6, 6.07) is 5.50. The largest absolute Gasteiger partial charge is 0.771 e. The van der Waals surface area contributed by atoms with Crippen molar-refractivity contribution in [3.8, 4) is 11.5 Å². The first-order chi connectivity index (χ1) is 18.0. The number of likely N-dealkylation sites (tertiary alicyclic amines) is 1. The van der Waals surface area contributed by atoms with Gasteiger partial charge in [-0.2, -0.15) is 13.2 Å². The van der Waals surface area contributed by atoms with Crippen LogP contribution in [0.15, 0.2) is 30.3 Å². The number of methoxy groups -OCH3 is 1. The SMILES string of the molecule is COc1cc2nc(C)nc(N[C@H](C)c3cccc(C(F)(F)F)c3F)c2cc1OC[C@@H]1CCCN1CS(=O)[O-]. The molecule has 0 aliphatic carbocycles. The number of nitrogens with one attached hydrogen (secondary N) is 1. The normalized spacial score (nSPS) is 17.9. The summed E-state index contributed by atoms with van der Waals surface area (Å²) in [5.74, 6) is 0.0155. The van der Waals surface area contributed by atoms with E-state index in [0.717, 1.165) is 18.9 Å². The summed E-state index contributed by atoms with van der Waals surface area (Å²) in [6.45, 7) is 4.07. The van der Waals surface area contributed by atoms with E-state index in [9.17, 15) is 26.3 Å². The fraction of sp³-hybridized carbons (Fsp3) is 0.440. The molecule has 0 spiro atoms. The maximum atomic E-state index is 14.8. The van der Waals surface area contributed by atoms with E-state index in [1.54, 1.807) is 19.1 Å². The molecule has 1 fully saturated rings. The first-order valence-electron chi connectivity index (χ1n) is 11.9. The fourth-order valence-corrected chi connectivity index (χ4v) is 5.21. The molecule has 1 aliphatic rings. The zero-order valence-corrected chi connectivity index (χ0v) is 21.8. The number of hydrogen-bond acceptors (Lipinski definition) is 8. The van der Waals surface area contributed by atoms with Gasteiger partial charge in [-0.3, -0.25) is 9.11 Å². The minimum Gasteiger partial charge on any atom is -0.771 e. The lowest BCUT2D eigenvalue weighted by Crippen LogP contribution is -2.36.